The summed E-state index contributed by atoms with van der Waals surface area (Å²) in [7, 11) is 0. The van der Waals surface area contributed by atoms with Crippen LogP contribution < -0.4 is 20.8 Å². The number of thiazole rings is 1. The molecule has 5 rings (SSSR count). The number of nitrogens with zero attached hydrogens (tertiary/aromatic N) is 6. The quantitative estimate of drug-likeness (QED) is 0.125. The number of thioether (sulfide) groups is 2. The van der Waals surface area contributed by atoms with E-state index in [4.69, 9.17) is 5.73 Å². The normalized spacial score (nSPS) is 24.4. The van der Waals surface area contributed by atoms with E-state index >= 15 is 0 Å². The number of anilines is 1. The van der Waals surface area contributed by atoms with E-state index < -0.39 is 29.2 Å². The first-order valence-corrected chi connectivity index (χ1v) is 12.4. The van der Waals surface area contributed by atoms with Crippen LogP contribution in [0.1, 0.15) is 5.69 Å². The zero-order chi connectivity index (χ0) is 23.3. The van der Waals surface area contributed by atoms with Crippen molar-refractivity contribution in [1.82, 2.24) is 24.9 Å². The molecular formula is C17H16N8O5S3. The molecule has 1 saturated heterocycles. The fourth-order valence-corrected chi connectivity index (χ4v) is 7.23. The molecule has 2 aromatic heterocycles. The van der Waals surface area contributed by atoms with E-state index in [-0.39, 0.29) is 27.5 Å². The summed E-state index contributed by atoms with van der Waals surface area (Å²) in [5.74, 6) is -2.49. The van der Waals surface area contributed by atoms with E-state index in [1.165, 1.54) is 28.9 Å². The molecule has 4 N–H and O–H groups in total. The van der Waals surface area contributed by atoms with Gasteiger partial charge in [0.25, 0.3) is 11.8 Å². The van der Waals surface area contributed by atoms with Crippen LogP contribution in [-0.2, 0) is 27.5 Å². The number of aromatic nitrogens is 4. The Morgan fingerprint density at radius 3 is 2.94 bits per heavy atom. The molecule has 2 atom stereocenters. The number of amides is 2. The number of fused-ring (bicyclic) bond motifs is 2. The fraction of sp³-hybridized carbons (Fsp3) is 0.353. The maximum absolute atomic E-state index is 12.8. The second-order valence-electron chi connectivity index (χ2n) is 7.30. The molecule has 172 valence electrons. The summed E-state index contributed by atoms with van der Waals surface area (Å²) in [6.45, 7) is 1.33. The Labute approximate surface area is 198 Å². The minimum atomic E-state index is -1.44. The van der Waals surface area contributed by atoms with Crippen LogP contribution in [0, 0.1) is 0 Å². The summed E-state index contributed by atoms with van der Waals surface area (Å²) >= 11 is 3.81. The number of oxime groups is 1. The molecule has 0 radical (unpaired) electrons. The number of carboxylic acids is 1. The van der Waals surface area contributed by atoms with Gasteiger partial charge in [-0.1, -0.05) is 5.16 Å². The Kier molecular flexibility index (Phi) is 5.49. The van der Waals surface area contributed by atoms with Gasteiger partial charge in [-0.3, -0.25) is 14.5 Å². The summed E-state index contributed by atoms with van der Waals surface area (Å²) in [5, 5.41) is 27.8. The fourth-order valence-electron chi connectivity index (χ4n) is 3.86. The molecule has 0 saturated carbocycles. The van der Waals surface area contributed by atoms with E-state index in [0.717, 1.165) is 16.2 Å². The molecule has 16 heteroatoms. The van der Waals surface area contributed by atoms with Gasteiger partial charge in [0.15, 0.2) is 10.8 Å². The average Bonchev–Trinajstić information content (AvgIpc) is 3.49. The smallest absolute Gasteiger partial charge is 0.306 e. The van der Waals surface area contributed by atoms with Gasteiger partial charge in [0.1, 0.15) is 23.7 Å². The lowest BCUT2D eigenvalue weighted by Crippen LogP contribution is -2.71. The Morgan fingerprint density at radius 2 is 2.27 bits per heavy atom. The molecule has 5 heterocycles. The summed E-state index contributed by atoms with van der Waals surface area (Å²) < 4.78 is 3.87. The van der Waals surface area contributed by atoms with Gasteiger partial charge in [-0.25, -0.2) is 4.98 Å². The largest absolute Gasteiger partial charge is 0.543 e. The highest BCUT2D eigenvalue weighted by molar-refractivity contribution is 8.06. The molecule has 3 aliphatic heterocycles. The van der Waals surface area contributed by atoms with Crippen LogP contribution in [0.15, 0.2) is 33.8 Å². The third-order valence-corrected chi connectivity index (χ3v) is 8.70. The average molecular weight is 509 g/mol. The molecule has 13 nitrogen and oxygen atoms in total. The predicted octanol–water partition coefficient (Wildman–Crippen LogP) is -2.44. The Balaban J connectivity index is 1.30. The number of nitrogens with one attached hydrogen (secondary N) is 1. The van der Waals surface area contributed by atoms with E-state index in [9.17, 15) is 24.7 Å². The minimum Gasteiger partial charge on any atom is -0.543 e. The first-order valence-electron chi connectivity index (χ1n) is 9.57. The van der Waals surface area contributed by atoms with Gasteiger partial charge in [0.05, 0.1) is 23.5 Å². The van der Waals surface area contributed by atoms with Gasteiger partial charge < -0.3 is 26.2 Å². The van der Waals surface area contributed by atoms with Crippen LogP contribution in [0.5, 0.6) is 0 Å². The molecule has 0 spiro atoms. The molecule has 33 heavy (non-hydrogen) atoms. The Hall–Kier alpha value is -3.11. The molecule has 2 amide bonds. The maximum atomic E-state index is 12.8. The highest BCUT2D eigenvalue weighted by atomic mass is 32.2. The van der Waals surface area contributed by atoms with Gasteiger partial charge in [-0.2, -0.15) is 9.36 Å². The van der Waals surface area contributed by atoms with Gasteiger partial charge >= 0.3 is 6.33 Å². The van der Waals surface area contributed by atoms with Crippen LogP contribution >= 0.6 is 34.9 Å². The van der Waals surface area contributed by atoms with Crippen LogP contribution in [0.25, 0.3) is 0 Å². The number of nitrogen functional groups attached to an aromatic ring is 1. The van der Waals surface area contributed by atoms with Crippen LogP contribution in [0.2, 0.25) is 0 Å². The van der Waals surface area contributed by atoms with Crippen molar-refractivity contribution < 1.29 is 29.4 Å². The second kappa shape index (κ2) is 8.35. The Morgan fingerprint density at radius 1 is 1.45 bits per heavy atom. The molecule has 0 aliphatic carbocycles. The monoisotopic (exact) mass is 508 g/mol. The number of rotatable bonds is 6. The first-order chi connectivity index (χ1) is 15.9. The zero-order valence-electron chi connectivity index (χ0n) is 16.7. The van der Waals surface area contributed by atoms with Crippen LogP contribution in [0.4, 0.5) is 5.13 Å². The van der Waals surface area contributed by atoms with Crippen LogP contribution in [0.3, 0.4) is 0 Å². The summed E-state index contributed by atoms with van der Waals surface area (Å²) in [5.41, 5.74) is 5.07. The number of carbonyl (C=O) groups excluding carboxylic acids is 3. The molecule has 2 unspecified atom stereocenters. The standard InChI is InChI=1S/C17H16N8O5S3/c18-17-20-8(3-32-17)10(22-30)13(26)21-11-14(27)25-12(16(28)29)9(4-31-15(11)25)33-7-1-23-5-19-6-24(23)2-7/h3,5-7,11,15H,1-2,4H2,(H4-,18,20,21,26,28,29,30). The zero-order valence-corrected chi connectivity index (χ0v) is 19.1. The number of hydrogen-bond acceptors (Lipinski definition) is 12. The Bertz CT molecular complexity index is 1200. The third-order valence-electron chi connectivity index (χ3n) is 5.31. The lowest BCUT2D eigenvalue weighted by molar-refractivity contribution is -0.758. The van der Waals surface area contributed by atoms with Crippen molar-refractivity contribution in [2.75, 3.05) is 11.5 Å². The molecule has 2 aromatic rings. The van der Waals surface area contributed by atoms with Gasteiger partial charge in [-0.05, 0) is 4.98 Å². The van der Waals surface area contributed by atoms with E-state index in [1.54, 1.807) is 12.7 Å². The summed E-state index contributed by atoms with van der Waals surface area (Å²) in [6, 6.07) is -0.981. The lowest BCUT2D eigenvalue weighted by atomic mass is 10.0. The van der Waals surface area contributed by atoms with E-state index in [0.29, 0.717) is 23.7 Å². The number of carbonyl (C=O) groups is 3. The van der Waals surface area contributed by atoms with E-state index in [2.05, 4.69) is 20.4 Å². The highest BCUT2D eigenvalue weighted by Crippen LogP contribution is 2.44. The van der Waals surface area contributed by atoms with Gasteiger partial charge in [-0.15, -0.1) is 34.9 Å². The number of nitrogens with two attached hydrogens (primary N) is 1. The molecule has 0 bridgehead atoms. The number of hydrogen-bond donors (Lipinski definition) is 3. The number of carboxylic acid groups (broad SMARTS) is 1. The molecule has 3 aliphatic rings. The second-order valence-corrected chi connectivity index (χ2v) is 10.7. The maximum Gasteiger partial charge on any atom is 0.306 e. The summed E-state index contributed by atoms with van der Waals surface area (Å²) in [4.78, 5) is 47.0. The summed E-state index contributed by atoms with van der Waals surface area (Å²) in [6.07, 6.45) is 3.41. The van der Waals surface area contributed by atoms with E-state index in [1.807, 2.05) is 9.36 Å². The number of aliphatic carboxylic acids is 1. The molecule has 0 aromatic carbocycles. The van der Waals surface area contributed by atoms with Crippen molar-refractivity contribution in [2.24, 2.45) is 5.16 Å². The van der Waals surface area contributed by atoms with Crippen LogP contribution in [-0.4, -0.2) is 70.7 Å². The van der Waals surface area contributed by atoms with Crippen molar-refractivity contribution in [3.8, 4) is 0 Å². The third kappa shape index (κ3) is 3.72. The van der Waals surface area contributed by atoms with Crippen molar-refractivity contribution in [3.63, 3.8) is 0 Å². The molecule has 1 fully saturated rings. The SMILES string of the molecule is Nc1nc(/C(=N/O)C(=O)NC2C(=O)N3C(C(=O)[O-])=C(SC4Cn5cnc[n+]5C4)CSC23)cs1. The van der Waals surface area contributed by atoms with Crippen molar-refractivity contribution in [3.05, 3.63) is 34.3 Å². The molecular weight excluding hydrogens is 492 g/mol. The lowest BCUT2D eigenvalue weighted by Gasteiger charge is -2.50. The minimum absolute atomic E-state index is 0.0709. The predicted molar refractivity (Wildman–Crippen MR) is 116 cm³/mol. The van der Waals surface area contributed by atoms with Crippen molar-refractivity contribution in [2.45, 2.75) is 29.8 Å². The van der Waals surface area contributed by atoms with Crippen molar-refractivity contribution in [1.29, 1.82) is 0 Å². The van der Waals surface area contributed by atoms with Gasteiger partial charge in [0, 0.05) is 16.0 Å². The topological polar surface area (TPSA) is 183 Å². The van der Waals surface area contributed by atoms with Gasteiger partial charge in [0.2, 0.25) is 6.33 Å². The highest BCUT2D eigenvalue weighted by Gasteiger charge is 2.53. The number of β-lactam (4-membered cyclic amide) rings is 1. The first kappa shape index (κ1) is 21.7. The van der Waals surface area contributed by atoms with Crippen molar-refractivity contribution >= 4 is 63.5 Å².